The Morgan fingerprint density at radius 1 is 1.44 bits per heavy atom. The maximum Gasteiger partial charge on any atom is 0.522 e. The molecule has 1 unspecified atom stereocenters. The van der Waals surface area contributed by atoms with Crippen molar-refractivity contribution in [3.8, 4) is 0 Å². The molecule has 18 heavy (non-hydrogen) atoms. The molecule has 0 aromatic rings. The molecule has 1 N–H and O–H groups in total. The molecule has 0 aromatic carbocycles. The van der Waals surface area contributed by atoms with E-state index in [0.717, 1.165) is 13.0 Å². The molecule has 7 heteroatoms. The summed E-state index contributed by atoms with van der Waals surface area (Å²) in [5.41, 5.74) is 0. The fourth-order valence-corrected chi connectivity index (χ4v) is 1.89. The smallest absolute Gasteiger partial charge is 0.307 e. The van der Waals surface area contributed by atoms with Gasteiger partial charge in [-0.3, -0.25) is 9.53 Å². The average molecular weight is 268 g/mol. The van der Waals surface area contributed by atoms with Crippen molar-refractivity contribution >= 4 is 5.78 Å². The maximum absolute atomic E-state index is 11.7. The van der Waals surface area contributed by atoms with Crippen molar-refractivity contribution in [1.29, 1.82) is 0 Å². The van der Waals surface area contributed by atoms with E-state index >= 15 is 0 Å². The Labute approximate surface area is 104 Å². The summed E-state index contributed by atoms with van der Waals surface area (Å²) in [6, 6.07) is 0.214. The number of ether oxygens (including phenoxy) is 1. The Morgan fingerprint density at radius 3 is 2.72 bits per heavy atom. The van der Waals surface area contributed by atoms with E-state index in [2.05, 4.69) is 10.1 Å². The molecule has 0 bridgehead atoms. The third-order valence-corrected chi connectivity index (χ3v) is 2.87. The molecule has 0 aliphatic carbocycles. The Bertz CT molecular complexity index is 272. The summed E-state index contributed by atoms with van der Waals surface area (Å²) in [6.45, 7) is 1.44. The SMILES string of the molecule is CN(CCCOC(F)(F)F)CCC1CC(=O)CN1. The minimum absolute atomic E-state index is 0.214. The van der Waals surface area contributed by atoms with Crippen molar-refractivity contribution in [3.05, 3.63) is 0 Å². The molecule has 0 spiro atoms. The van der Waals surface area contributed by atoms with Crippen molar-refractivity contribution in [3.63, 3.8) is 0 Å². The van der Waals surface area contributed by atoms with E-state index in [1.165, 1.54) is 0 Å². The van der Waals surface area contributed by atoms with Crippen LogP contribution in [-0.4, -0.2) is 56.4 Å². The van der Waals surface area contributed by atoms with Gasteiger partial charge in [-0.25, -0.2) is 0 Å². The first-order valence-corrected chi connectivity index (χ1v) is 6.01. The highest BCUT2D eigenvalue weighted by atomic mass is 19.4. The van der Waals surface area contributed by atoms with Crippen molar-refractivity contribution in [2.24, 2.45) is 0 Å². The van der Waals surface area contributed by atoms with Gasteiger partial charge >= 0.3 is 6.36 Å². The van der Waals surface area contributed by atoms with Crippen molar-refractivity contribution < 1.29 is 22.7 Å². The maximum atomic E-state index is 11.7. The van der Waals surface area contributed by atoms with Gasteiger partial charge in [0.25, 0.3) is 0 Å². The first kappa shape index (κ1) is 15.4. The summed E-state index contributed by atoms with van der Waals surface area (Å²) in [5, 5.41) is 3.10. The first-order chi connectivity index (χ1) is 8.37. The number of rotatable bonds is 7. The normalized spacial score (nSPS) is 20.9. The lowest BCUT2D eigenvalue weighted by Crippen LogP contribution is -2.29. The molecule has 4 nitrogen and oxygen atoms in total. The van der Waals surface area contributed by atoms with E-state index in [1.807, 2.05) is 11.9 Å². The van der Waals surface area contributed by atoms with Crippen LogP contribution in [0.15, 0.2) is 0 Å². The van der Waals surface area contributed by atoms with Crippen LogP contribution in [0.3, 0.4) is 0 Å². The molecule has 0 amide bonds. The number of carbonyl (C=O) groups excluding carboxylic acids is 1. The zero-order valence-electron chi connectivity index (χ0n) is 10.4. The molecule has 0 radical (unpaired) electrons. The van der Waals surface area contributed by atoms with Gasteiger partial charge in [0.05, 0.1) is 13.2 Å². The summed E-state index contributed by atoms with van der Waals surface area (Å²) in [6.07, 6.45) is -2.80. The molecular formula is C11H19F3N2O2. The second kappa shape index (κ2) is 7.06. The Balaban J connectivity index is 2.00. The lowest BCUT2D eigenvalue weighted by atomic mass is 10.1. The molecule has 1 aliphatic rings. The molecule has 0 saturated carbocycles. The van der Waals surface area contributed by atoms with Crippen LogP contribution in [0.2, 0.25) is 0 Å². The third kappa shape index (κ3) is 6.93. The van der Waals surface area contributed by atoms with Crippen LogP contribution in [-0.2, 0) is 9.53 Å². The monoisotopic (exact) mass is 268 g/mol. The zero-order chi connectivity index (χ0) is 13.6. The van der Waals surface area contributed by atoms with Gasteiger partial charge in [0.15, 0.2) is 0 Å². The molecule has 1 rings (SSSR count). The topological polar surface area (TPSA) is 41.6 Å². The fourth-order valence-electron chi connectivity index (χ4n) is 1.89. The van der Waals surface area contributed by atoms with E-state index in [9.17, 15) is 18.0 Å². The lowest BCUT2D eigenvalue weighted by Gasteiger charge is -2.18. The second-order valence-electron chi connectivity index (χ2n) is 4.56. The molecule has 1 aliphatic heterocycles. The van der Waals surface area contributed by atoms with Gasteiger partial charge in [0.1, 0.15) is 5.78 Å². The van der Waals surface area contributed by atoms with Gasteiger partial charge < -0.3 is 10.2 Å². The van der Waals surface area contributed by atoms with Gasteiger partial charge in [0, 0.05) is 19.0 Å². The van der Waals surface area contributed by atoms with E-state index in [1.54, 1.807) is 0 Å². The van der Waals surface area contributed by atoms with Crippen molar-refractivity contribution in [2.45, 2.75) is 31.7 Å². The summed E-state index contributed by atoms with van der Waals surface area (Å²) in [7, 11) is 1.85. The van der Waals surface area contributed by atoms with Gasteiger partial charge in [-0.1, -0.05) is 0 Å². The van der Waals surface area contributed by atoms with Crippen LogP contribution < -0.4 is 5.32 Å². The minimum Gasteiger partial charge on any atom is -0.307 e. The van der Waals surface area contributed by atoms with Gasteiger partial charge in [-0.15, -0.1) is 13.2 Å². The molecule has 1 saturated heterocycles. The van der Waals surface area contributed by atoms with Crippen LogP contribution in [0.1, 0.15) is 19.3 Å². The predicted octanol–water partition coefficient (Wildman–Crippen LogP) is 1.17. The summed E-state index contributed by atoms with van der Waals surface area (Å²) < 4.78 is 38.8. The average Bonchev–Trinajstić information content (AvgIpc) is 2.66. The summed E-state index contributed by atoms with van der Waals surface area (Å²) >= 11 is 0. The standard InChI is InChI=1S/C11H19F3N2O2/c1-16(4-2-6-18-11(12,13)14)5-3-9-7-10(17)8-15-9/h9,15H,2-8H2,1H3. The third-order valence-electron chi connectivity index (χ3n) is 2.87. The van der Waals surface area contributed by atoms with Crippen molar-refractivity contribution in [2.75, 3.05) is 33.3 Å². The number of halogens is 3. The number of carbonyl (C=O) groups is 1. The van der Waals surface area contributed by atoms with E-state index in [4.69, 9.17) is 0 Å². The van der Waals surface area contributed by atoms with E-state index in [0.29, 0.717) is 25.9 Å². The number of alkyl halides is 3. The number of ketones is 1. The fraction of sp³-hybridized carbons (Fsp3) is 0.909. The molecule has 0 aromatic heterocycles. The highest BCUT2D eigenvalue weighted by molar-refractivity contribution is 5.83. The van der Waals surface area contributed by atoms with Crippen LogP contribution in [0.5, 0.6) is 0 Å². The zero-order valence-corrected chi connectivity index (χ0v) is 10.4. The predicted molar refractivity (Wildman–Crippen MR) is 60.2 cm³/mol. The number of hydrogen-bond donors (Lipinski definition) is 1. The number of hydrogen-bond acceptors (Lipinski definition) is 4. The Morgan fingerprint density at radius 2 is 2.17 bits per heavy atom. The van der Waals surface area contributed by atoms with E-state index in [-0.39, 0.29) is 18.4 Å². The molecule has 1 heterocycles. The van der Waals surface area contributed by atoms with Crippen LogP contribution in [0, 0.1) is 0 Å². The van der Waals surface area contributed by atoms with Crippen LogP contribution in [0.25, 0.3) is 0 Å². The van der Waals surface area contributed by atoms with Crippen LogP contribution >= 0.6 is 0 Å². The second-order valence-corrected chi connectivity index (χ2v) is 4.56. The molecule has 1 atom stereocenters. The summed E-state index contributed by atoms with van der Waals surface area (Å²) in [4.78, 5) is 13.0. The number of Topliss-reactive ketones (excluding diaryl/α,β-unsaturated/α-hetero) is 1. The van der Waals surface area contributed by atoms with Crippen molar-refractivity contribution in [1.82, 2.24) is 10.2 Å². The van der Waals surface area contributed by atoms with Gasteiger partial charge in [0.2, 0.25) is 0 Å². The lowest BCUT2D eigenvalue weighted by molar-refractivity contribution is -0.324. The first-order valence-electron chi connectivity index (χ1n) is 6.01. The highest BCUT2D eigenvalue weighted by Gasteiger charge is 2.28. The quantitative estimate of drug-likeness (QED) is 0.704. The Kier molecular flexibility index (Phi) is 6.04. The molecule has 106 valence electrons. The highest BCUT2D eigenvalue weighted by Crippen LogP contribution is 2.16. The largest absolute Gasteiger partial charge is 0.522 e. The van der Waals surface area contributed by atoms with Gasteiger partial charge in [-0.05, 0) is 26.4 Å². The molecule has 1 fully saturated rings. The number of nitrogens with zero attached hydrogens (tertiary/aromatic N) is 1. The number of nitrogens with one attached hydrogen (secondary N) is 1. The van der Waals surface area contributed by atoms with Gasteiger partial charge in [-0.2, -0.15) is 0 Å². The minimum atomic E-state index is -4.54. The Hall–Kier alpha value is -0.660. The molecular weight excluding hydrogens is 249 g/mol. The van der Waals surface area contributed by atoms with Crippen LogP contribution in [0.4, 0.5) is 13.2 Å². The summed E-state index contributed by atoms with van der Waals surface area (Å²) in [5.74, 6) is 0.223. The van der Waals surface area contributed by atoms with E-state index < -0.39 is 6.36 Å².